The highest BCUT2D eigenvalue weighted by Crippen LogP contribution is 2.24. The van der Waals surface area contributed by atoms with E-state index < -0.39 is 0 Å². The summed E-state index contributed by atoms with van der Waals surface area (Å²) in [6.45, 7) is 2.09. The van der Waals surface area contributed by atoms with Crippen molar-refractivity contribution in [2.75, 3.05) is 0 Å². The van der Waals surface area contributed by atoms with Crippen molar-refractivity contribution in [2.45, 2.75) is 6.92 Å². The Hall–Kier alpha value is -1.90. The summed E-state index contributed by atoms with van der Waals surface area (Å²) in [4.78, 5) is 4.38. The number of hydrogen-bond donors (Lipinski definition) is 1. The summed E-state index contributed by atoms with van der Waals surface area (Å²) < 4.78 is 0. The molecule has 0 atom stereocenters. The summed E-state index contributed by atoms with van der Waals surface area (Å²) in [5.41, 5.74) is 3.30. The monoisotopic (exact) mass is 183 g/mol. The average molecular weight is 183 g/mol. The van der Waals surface area contributed by atoms with Crippen LogP contribution in [0, 0.1) is 6.92 Å². The summed E-state index contributed by atoms with van der Waals surface area (Å²) >= 11 is 0. The Morgan fingerprint density at radius 2 is 2.21 bits per heavy atom. The topological polar surface area (TPSA) is 41.6 Å². The van der Waals surface area contributed by atoms with E-state index in [1.807, 2.05) is 18.5 Å². The molecule has 0 spiro atoms. The van der Waals surface area contributed by atoms with Gasteiger partial charge in [0.1, 0.15) is 0 Å². The van der Waals surface area contributed by atoms with Gasteiger partial charge in [-0.1, -0.05) is 6.07 Å². The van der Waals surface area contributed by atoms with E-state index in [4.69, 9.17) is 0 Å². The third-order valence-corrected chi connectivity index (χ3v) is 2.52. The molecule has 0 aliphatic rings. The van der Waals surface area contributed by atoms with Gasteiger partial charge in [-0.2, -0.15) is 5.10 Å². The van der Waals surface area contributed by atoms with Crippen LogP contribution in [0.4, 0.5) is 0 Å². The van der Waals surface area contributed by atoms with Gasteiger partial charge in [0.15, 0.2) is 0 Å². The van der Waals surface area contributed by atoms with E-state index in [0.29, 0.717) is 0 Å². The van der Waals surface area contributed by atoms with Crippen molar-refractivity contribution in [1.82, 2.24) is 15.2 Å². The van der Waals surface area contributed by atoms with Crippen molar-refractivity contribution in [1.29, 1.82) is 0 Å². The zero-order valence-electron chi connectivity index (χ0n) is 7.78. The van der Waals surface area contributed by atoms with Gasteiger partial charge in [0.25, 0.3) is 0 Å². The van der Waals surface area contributed by atoms with Crippen molar-refractivity contribution in [3.05, 3.63) is 36.2 Å². The standard InChI is InChI=1S/C11H9N3/c1-7-5-10-9(6-13-14-10)11-8(7)3-2-4-12-11/h2-6H,1H3,(H,13,14). The van der Waals surface area contributed by atoms with Crippen LogP contribution in [0.2, 0.25) is 0 Å². The van der Waals surface area contributed by atoms with E-state index >= 15 is 0 Å². The van der Waals surface area contributed by atoms with Crippen LogP contribution < -0.4 is 0 Å². The number of aryl methyl sites for hydroxylation is 1. The highest BCUT2D eigenvalue weighted by molar-refractivity contribution is 6.04. The van der Waals surface area contributed by atoms with Crippen LogP contribution in [0.3, 0.4) is 0 Å². The number of nitrogens with one attached hydrogen (secondary N) is 1. The first-order valence-electron chi connectivity index (χ1n) is 4.53. The summed E-state index contributed by atoms with van der Waals surface area (Å²) in [7, 11) is 0. The minimum atomic E-state index is 1.02. The van der Waals surface area contributed by atoms with E-state index in [9.17, 15) is 0 Å². The van der Waals surface area contributed by atoms with E-state index in [1.54, 1.807) is 0 Å². The van der Waals surface area contributed by atoms with Gasteiger partial charge in [-0.15, -0.1) is 0 Å². The van der Waals surface area contributed by atoms with E-state index in [1.165, 1.54) is 10.9 Å². The molecule has 3 rings (SSSR count). The van der Waals surface area contributed by atoms with Gasteiger partial charge in [-0.25, -0.2) is 0 Å². The molecule has 3 heteroatoms. The number of fused-ring (bicyclic) bond motifs is 3. The molecule has 0 amide bonds. The van der Waals surface area contributed by atoms with Gasteiger partial charge in [-0.3, -0.25) is 10.1 Å². The van der Waals surface area contributed by atoms with Crippen LogP contribution >= 0.6 is 0 Å². The highest BCUT2D eigenvalue weighted by atomic mass is 15.1. The zero-order chi connectivity index (χ0) is 9.54. The summed E-state index contributed by atoms with van der Waals surface area (Å²) in [5, 5.41) is 9.27. The third kappa shape index (κ3) is 0.865. The first-order valence-corrected chi connectivity index (χ1v) is 4.53. The first-order chi connectivity index (χ1) is 6.86. The Bertz CT molecular complexity index is 610. The number of benzene rings is 1. The van der Waals surface area contributed by atoms with Crippen molar-refractivity contribution < 1.29 is 0 Å². The SMILES string of the molecule is Cc1cc2[nH]ncc2c2ncccc12. The predicted octanol–water partition coefficient (Wildman–Crippen LogP) is 2.42. The number of nitrogens with zero attached hydrogens (tertiary/aromatic N) is 2. The van der Waals surface area contributed by atoms with Gasteiger partial charge in [-0.05, 0) is 24.6 Å². The van der Waals surface area contributed by atoms with E-state index in [2.05, 4.69) is 34.2 Å². The maximum absolute atomic E-state index is 4.38. The fourth-order valence-electron chi connectivity index (χ4n) is 1.83. The van der Waals surface area contributed by atoms with Crippen LogP contribution in [0.1, 0.15) is 5.56 Å². The Morgan fingerprint density at radius 1 is 1.29 bits per heavy atom. The zero-order valence-corrected chi connectivity index (χ0v) is 7.78. The van der Waals surface area contributed by atoms with Crippen LogP contribution in [0.5, 0.6) is 0 Å². The van der Waals surface area contributed by atoms with Gasteiger partial charge >= 0.3 is 0 Å². The Labute approximate surface area is 80.8 Å². The molecule has 1 N–H and O–H groups in total. The number of pyridine rings is 1. The Balaban J connectivity index is 2.67. The lowest BCUT2D eigenvalue weighted by Crippen LogP contribution is -1.82. The Kier molecular flexibility index (Phi) is 1.36. The van der Waals surface area contributed by atoms with Crippen molar-refractivity contribution >= 4 is 21.8 Å². The molecule has 0 aliphatic carbocycles. The fraction of sp³-hybridized carbons (Fsp3) is 0.0909. The van der Waals surface area contributed by atoms with E-state index in [0.717, 1.165) is 16.4 Å². The molecular formula is C11H9N3. The molecule has 14 heavy (non-hydrogen) atoms. The molecule has 1 aromatic carbocycles. The molecule has 3 aromatic rings. The normalized spacial score (nSPS) is 11.2. The molecule has 2 heterocycles. The summed E-state index contributed by atoms with van der Waals surface area (Å²) in [6.07, 6.45) is 3.64. The number of aromatic nitrogens is 3. The molecule has 68 valence electrons. The third-order valence-electron chi connectivity index (χ3n) is 2.52. The van der Waals surface area contributed by atoms with Crippen LogP contribution in [-0.4, -0.2) is 15.2 Å². The lowest BCUT2D eigenvalue weighted by atomic mass is 10.1. The fourth-order valence-corrected chi connectivity index (χ4v) is 1.83. The second kappa shape index (κ2) is 2.54. The van der Waals surface area contributed by atoms with Crippen LogP contribution in [0.25, 0.3) is 21.8 Å². The van der Waals surface area contributed by atoms with Crippen molar-refractivity contribution in [3.8, 4) is 0 Å². The molecule has 0 saturated carbocycles. The molecular weight excluding hydrogens is 174 g/mol. The molecule has 0 aliphatic heterocycles. The number of hydrogen-bond acceptors (Lipinski definition) is 2. The molecule has 0 bridgehead atoms. The van der Waals surface area contributed by atoms with Crippen LogP contribution in [0.15, 0.2) is 30.6 Å². The molecule has 3 nitrogen and oxygen atoms in total. The first kappa shape index (κ1) is 7.50. The average Bonchev–Trinajstić information content (AvgIpc) is 2.66. The summed E-state index contributed by atoms with van der Waals surface area (Å²) in [5.74, 6) is 0. The minimum absolute atomic E-state index is 1.02. The van der Waals surface area contributed by atoms with Crippen molar-refractivity contribution in [2.24, 2.45) is 0 Å². The molecule has 0 unspecified atom stereocenters. The maximum atomic E-state index is 4.38. The molecule has 2 aromatic heterocycles. The second-order valence-electron chi connectivity index (χ2n) is 3.42. The summed E-state index contributed by atoms with van der Waals surface area (Å²) in [6, 6.07) is 6.15. The predicted molar refractivity (Wildman–Crippen MR) is 56.1 cm³/mol. The minimum Gasteiger partial charge on any atom is -0.278 e. The van der Waals surface area contributed by atoms with E-state index in [-0.39, 0.29) is 0 Å². The Morgan fingerprint density at radius 3 is 3.14 bits per heavy atom. The number of H-pyrrole nitrogens is 1. The number of aromatic amines is 1. The molecule has 0 fully saturated rings. The second-order valence-corrected chi connectivity index (χ2v) is 3.42. The van der Waals surface area contributed by atoms with Gasteiger partial charge in [0.05, 0.1) is 17.2 Å². The van der Waals surface area contributed by atoms with Gasteiger partial charge < -0.3 is 0 Å². The highest BCUT2D eigenvalue weighted by Gasteiger charge is 2.04. The smallest absolute Gasteiger partial charge is 0.0814 e. The van der Waals surface area contributed by atoms with Crippen LogP contribution in [-0.2, 0) is 0 Å². The van der Waals surface area contributed by atoms with Gasteiger partial charge in [0.2, 0.25) is 0 Å². The lowest BCUT2D eigenvalue weighted by molar-refractivity contribution is 1.12. The van der Waals surface area contributed by atoms with Crippen molar-refractivity contribution in [3.63, 3.8) is 0 Å². The maximum Gasteiger partial charge on any atom is 0.0814 e. The van der Waals surface area contributed by atoms with Gasteiger partial charge in [0, 0.05) is 17.0 Å². The quantitative estimate of drug-likeness (QED) is 0.581. The lowest BCUT2D eigenvalue weighted by Gasteiger charge is -2.01. The molecule has 0 radical (unpaired) electrons. The number of rotatable bonds is 0. The largest absolute Gasteiger partial charge is 0.278 e. The molecule has 0 saturated heterocycles.